The quantitative estimate of drug-likeness (QED) is 0.529. The van der Waals surface area contributed by atoms with Gasteiger partial charge in [-0.2, -0.15) is 0 Å². The molecule has 4 nitrogen and oxygen atoms in total. The summed E-state index contributed by atoms with van der Waals surface area (Å²) in [6.07, 6.45) is 0. The summed E-state index contributed by atoms with van der Waals surface area (Å²) >= 11 is 0. The molecule has 48 valence electrons. The van der Waals surface area contributed by atoms with E-state index >= 15 is 0 Å². The Morgan fingerprint density at radius 1 is 1.50 bits per heavy atom. The van der Waals surface area contributed by atoms with Crippen LogP contribution in [0.1, 0.15) is 2.85 Å². The van der Waals surface area contributed by atoms with Gasteiger partial charge in [-0.15, -0.1) is 0 Å². The van der Waals surface area contributed by atoms with E-state index in [0.29, 0.717) is 0 Å². The van der Waals surface area contributed by atoms with Gasteiger partial charge >= 0.3 is 53.3 Å². The second-order valence-corrected chi connectivity index (χ2v) is 2.50. The first-order valence-electron chi connectivity index (χ1n) is 1.56. The molecule has 0 fully saturated rings. The molecule has 0 aromatic rings. The molecule has 0 aliphatic heterocycles. The van der Waals surface area contributed by atoms with E-state index in [0.717, 1.165) is 14.2 Å². The SMILES string of the molecule is COP(=O)(O)OC.[H-].[H-].[Sr+2]. The largest absolute Gasteiger partial charge is 2.00 e. The van der Waals surface area contributed by atoms with Crippen molar-refractivity contribution in [3.05, 3.63) is 0 Å². The molecule has 0 aliphatic carbocycles. The van der Waals surface area contributed by atoms with E-state index < -0.39 is 7.82 Å². The predicted octanol–water partition coefficient (Wildman–Crippen LogP) is 0.224. The number of phosphoric acid groups is 1. The zero-order valence-electron chi connectivity index (χ0n) is 6.83. The first kappa shape index (κ1) is 12.3. The van der Waals surface area contributed by atoms with E-state index in [4.69, 9.17) is 4.89 Å². The number of hydrogen-bond donors (Lipinski definition) is 1. The van der Waals surface area contributed by atoms with Gasteiger partial charge in [-0.25, -0.2) is 4.57 Å². The maximum absolute atomic E-state index is 10.1. The first-order chi connectivity index (χ1) is 3.12. The molecule has 0 amide bonds. The maximum atomic E-state index is 10.1. The molecule has 0 aromatic heterocycles. The monoisotopic (exact) mass is 216 g/mol. The fourth-order valence-corrected chi connectivity index (χ4v) is 0.224. The van der Waals surface area contributed by atoms with Crippen molar-refractivity contribution < 1.29 is 21.4 Å². The number of hydrogen-bond acceptors (Lipinski definition) is 3. The van der Waals surface area contributed by atoms with Crippen molar-refractivity contribution in [1.82, 2.24) is 0 Å². The van der Waals surface area contributed by atoms with Crippen LogP contribution in [-0.2, 0) is 13.6 Å². The molecule has 0 unspecified atom stereocenters. The van der Waals surface area contributed by atoms with Crippen molar-refractivity contribution in [2.45, 2.75) is 0 Å². The van der Waals surface area contributed by atoms with Gasteiger partial charge in [0, 0.05) is 14.2 Å². The molecule has 0 bridgehead atoms. The summed E-state index contributed by atoms with van der Waals surface area (Å²) in [4.78, 5) is 8.24. The molecule has 0 aliphatic rings. The molecule has 0 heterocycles. The standard InChI is InChI=1S/C2H7O4P.Sr.2H/c1-5-7(3,4)6-2;;;/h1-2H3,(H,3,4);;;/q;+2;2*-1. The Morgan fingerprint density at radius 2 is 1.75 bits per heavy atom. The molecule has 1 N–H and O–H groups in total. The van der Waals surface area contributed by atoms with E-state index in [-0.39, 0.29) is 48.3 Å². The summed E-state index contributed by atoms with van der Waals surface area (Å²) in [5.41, 5.74) is 0. The van der Waals surface area contributed by atoms with Crippen LogP contribution < -0.4 is 0 Å². The second kappa shape index (κ2) is 5.38. The van der Waals surface area contributed by atoms with Gasteiger partial charge in [0.1, 0.15) is 0 Å². The first-order valence-corrected chi connectivity index (χ1v) is 3.06. The fourth-order valence-electron chi connectivity index (χ4n) is 0.0745. The Kier molecular flexibility index (Phi) is 8.26. The van der Waals surface area contributed by atoms with Crippen molar-refractivity contribution >= 4 is 53.3 Å². The summed E-state index contributed by atoms with van der Waals surface area (Å²) < 4.78 is 18.0. The summed E-state index contributed by atoms with van der Waals surface area (Å²) in [6.45, 7) is 0. The summed E-state index contributed by atoms with van der Waals surface area (Å²) in [5.74, 6) is 0. The van der Waals surface area contributed by atoms with Gasteiger partial charge < -0.3 is 7.75 Å². The van der Waals surface area contributed by atoms with Gasteiger partial charge in [-0.05, 0) is 0 Å². The minimum atomic E-state index is -3.65. The van der Waals surface area contributed by atoms with Crippen LogP contribution in [0.3, 0.4) is 0 Å². The van der Waals surface area contributed by atoms with Crippen molar-refractivity contribution in [2.75, 3.05) is 14.2 Å². The normalized spacial score (nSPS) is 10.4. The molecular formula is C2H9O4PSr. The van der Waals surface area contributed by atoms with Gasteiger partial charge in [-0.1, -0.05) is 0 Å². The Bertz CT molecular complexity index is 93.3. The summed E-state index contributed by atoms with van der Waals surface area (Å²) in [7, 11) is -1.45. The average Bonchev–Trinajstić information content (AvgIpc) is 1.68. The van der Waals surface area contributed by atoms with Crippen molar-refractivity contribution in [3.8, 4) is 0 Å². The maximum Gasteiger partial charge on any atom is 2.00 e. The zero-order valence-corrected chi connectivity index (χ0v) is 9.20. The Hall–Kier alpha value is 1.59. The molecular weight excluding hydrogens is 207 g/mol. The van der Waals surface area contributed by atoms with Gasteiger partial charge in [0.05, 0.1) is 0 Å². The molecule has 0 rings (SSSR count). The van der Waals surface area contributed by atoms with Gasteiger partial charge in [0.25, 0.3) is 0 Å². The van der Waals surface area contributed by atoms with Crippen molar-refractivity contribution in [3.63, 3.8) is 0 Å². The van der Waals surface area contributed by atoms with Crippen molar-refractivity contribution in [2.24, 2.45) is 0 Å². The molecule has 8 heavy (non-hydrogen) atoms. The molecule has 0 atom stereocenters. The number of rotatable bonds is 2. The third-order valence-corrected chi connectivity index (χ3v) is 1.38. The average molecular weight is 216 g/mol. The van der Waals surface area contributed by atoms with E-state index in [9.17, 15) is 4.57 Å². The summed E-state index contributed by atoms with van der Waals surface area (Å²) in [5, 5.41) is 0. The van der Waals surface area contributed by atoms with Crippen LogP contribution in [0.15, 0.2) is 0 Å². The van der Waals surface area contributed by atoms with E-state index in [1.807, 2.05) is 0 Å². The smallest absolute Gasteiger partial charge is 1.00 e. The van der Waals surface area contributed by atoms with Crippen LogP contribution in [0.5, 0.6) is 0 Å². The van der Waals surface area contributed by atoms with Gasteiger partial charge in [-0.3, -0.25) is 9.05 Å². The molecule has 0 radical (unpaired) electrons. The molecule has 0 saturated carbocycles. The molecule has 0 spiro atoms. The number of phosphoric ester groups is 1. The summed E-state index contributed by atoms with van der Waals surface area (Å²) in [6, 6.07) is 0. The minimum absolute atomic E-state index is 0. The third kappa shape index (κ3) is 5.72. The van der Waals surface area contributed by atoms with Crippen LogP contribution in [0.2, 0.25) is 0 Å². The second-order valence-electron chi connectivity index (χ2n) is 0.834. The molecule has 0 aromatic carbocycles. The van der Waals surface area contributed by atoms with E-state index in [1.165, 1.54) is 0 Å². The van der Waals surface area contributed by atoms with Gasteiger partial charge in [0.2, 0.25) is 0 Å². The van der Waals surface area contributed by atoms with Crippen LogP contribution >= 0.6 is 7.82 Å². The van der Waals surface area contributed by atoms with Crippen LogP contribution in [-0.4, -0.2) is 64.6 Å². The Morgan fingerprint density at radius 3 is 1.75 bits per heavy atom. The zero-order chi connectivity index (χ0) is 5.91. The third-order valence-electron chi connectivity index (χ3n) is 0.461. The van der Waals surface area contributed by atoms with Crippen molar-refractivity contribution in [1.29, 1.82) is 0 Å². The Balaban J connectivity index is -0.0000000600. The molecule has 6 heteroatoms. The fraction of sp³-hybridized carbons (Fsp3) is 1.00. The van der Waals surface area contributed by atoms with Crippen LogP contribution in [0, 0.1) is 0 Å². The topological polar surface area (TPSA) is 55.8 Å². The van der Waals surface area contributed by atoms with Crippen LogP contribution in [0.25, 0.3) is 0 Å². The predicted molar refractivity (Wildman–Crippen MR) is 31.8 cm³/mol. The van der Waals surface area contributed by atoms with E-state index in [1.54, 1.807) is 0 Å². The van der Waals surface area contributed by atoms with Crippen LogP contribution in [0.4, 0.5) is 0 Å². The molecule has 0 saturated heterocycles. The van der Waals surface area contributed by atoms with Gasteiger partial charge in [0.15, 0.2) is 0 Å². The van der Waals surface area contributed by atoms with E-state index in [2.05, 4.69) is 9.05 Å². The minimum Gasteiger partial charge on any atom is -1.00 e. The Labute approximate surface area is 88.0 Å².